The fourth-order valence-corrected chi connectivity index (χ4v) is 5.17. The number of benzene rings is 2. The van der Waals surface area contributed by atoms with Crippen molar-refractivity contribution in [2.75, 3.05) is 0 Å². The Bertz CT molecular complexity index is 1000. The molecule has 2 heterocycles. The molecular weight excluding hydrogens is 422 g/mol. The normalized spacial score (nSPS) is 24.6. The summed E-state index contributed by atoms with van der Waals surface area (Å²) in [7, 11) is -0.668. The van der Waals surface area contributed by atoms with E-state index in [0.717, 1.165) is 23.8 Å². The molecule has 2 fully saturated rings. The molecule has 0 radical (unpaired) electrons. The van der Waals surface area contributed by atoms with Gasteiger partial charge in [-0.25, -0.2) is 0 Å². The smallest absolute Gasteiger partial charge is 0.399 e. The zero-order chi connectivity index (χ0) is 24.7. The molecule has 3 aliphatic rings. The van der Waals surface area contributed by atoms with Gasteiger partial charge in [-0.15, -0.1) is 0 Å². The van der Waals surface area contributed by atoms with E-state index in [9.17, 15) is 0 Å². The van der Waals surface area contributed by atoms with Crippen LogP contribution in [0.3, 0.4) is 0 Å². The molecule has 0 spiro atoms. The summed E-state index contributed by atoms with van der Waals surface area (Å²) in [5.74, 6) is 0.530. The average molecular weight is 460 g/mol. The lowest BCUT2D eigenvalue weighted by Crippen LogP contribution is -2.41. The predicted molar refractivity (Wildman–Crippen MR) is 140 cm³/mol. The molecule has 4 nitrogen and oxygen atoms in total. The van der Waals surface area contributed by atoms with Gasteiger partial charge in [0.2, 0.25) is 0 Å². The maximum absolute atomic E-state index is 6.32. The van der Waals surface area contributed by atoms with E-state index in [-0.39, 0.29) is 36.6 Å². The first-order valence-corrected chi connectivity index (χ1v) is 12.7. The molecule has 2 aliphatic heterocycles. The van der Waals surface area contributed by atoms with Crippen LogP contribution in [0.25, 0.3) is 11.1 Å². The van der Waals surface area contributed by atoms with Crippen molar-refractivity contribution >= 4 is 25.2 Å². The summed E-state index contributed by atoms with van der Waals surface area (Å²) < 4.78 is 25.3. The Hall–Kier alpha value is -1.59. The molecule has 0 bridgehead atoms. The molecule has 2 aromatic rings. The Kier molecular flexibility index (Phi) is 5.46. The van der Waals surface area contributed by atoms with Gasteiger partial charge in [-0.1, -0.05) is 43.3 Å². The van der Waals surface area contributed by atoms with Crippen LogP contribution in [0.15, 0.2) is 36.4 Å². The van der Waals surface area contributed by atoms with Gasteiger partial charge in [0.1, 0.15) is 0 Å². The lowest BCUT2D eigenvalue weighted by Gasteiger charge is -2.32. The van der Waals surface area contributed by atoms with E-state index in [4.69, 9.17) is 18.6 Å². The van der Waals surface area contributed by atoms with Gasteiger partial charge >= 0.3 is 14.2 Å². The van der Waals surface area contributed by atoms with Crippen molar-refractivity contribution in [3.05, 3.63) is 47.5 Å². The van der Waals surface area contributed by atoms with E-state index in [2.05, 4.69) is 98.7 Å². The summed E-state index contributed by atoms with van der Waals surface area (Å²) >= 11 is 0. The SMILES string of the molecule is CC1Cc2cc(B3OC(C)(C)C(C)(C)O3)ccc2-c2ccc(B3OC(C)(C)C(C)(C)O3)cc2C1. The third kappa shape index (κ3) is 3.87. The fourth-order valence-electron chi connectivity index (χ4n) is 5.17. The van der Waals surface area contributed by atoms with Crippen LogP contribution in [-0.4, -0.2) is 36.6 Å². The zero-order valence-electron chi connectivity index (χ0n) is 22.2. The minimum absolute atomic E-state index is 0.334. The molecular formula is C28H38B2O4. The first kappa shape index (κ1) is 24.1. The van der Waals surface area contributed by atoms with E-state index < -0.39 is 0 Å². The molecule has 2 saturated heterocycles. The summed E-state index contributed by atoms with van der Waals surface area (Å²) in [4.78, 5) is 0. The van der Waals surface area contributed by atoms with E-state index in [1.54, 1.807) is 0 Å². The molecule has 1 aliphatic carbocycles. The number of rotatable bonds is 2. The molecule has 0 saturated carbocycles. The van der Waals surface area contributed by atoms with Crippen LogP contribution in [-0.2, 0) is 31.5 Å². The lowest BCUT2D eigenvalue weighted by atomic mass is 9.75. The molecule has 0 aromatic heterocycles. The van der Waals surface area contributed by atoms with Gasteiger partial charge < -0.3 is 18.6 Å². The predicted octanol–water partition coefficient (Wildman–Crippen LogP) is 4.69. The average Bonchev–Trinajstić information content (AvgIpc) is 3.00. The second-order valence-electron chi connectivity index (χ2n) is 12.5. The summed E-state index contributed by atoms with van der Waals surface area (Å²) in [5.41, 5.74) is 6.18. The van der Waals surface area contributed by atoms with Crippen LogP contribution in [0.5, 0.6) is 0 Å². The quantitative estimate of drug-likeness (QED) is 0.610. The highest BCUT2D eigenvalue weighted by molar-refractivity contribution is 6.62. The fraction of sp³-hybridized carbons (Fsp3) is 0.571. The molecule has 0 unspecified atom stereocenters. The van der Waals surface area contributed by atoms with Gasteiger partial charge in [-0.05, 0) is 107 Å². The standard InChI is InChI=1S/C28H38B2O4/c1-18-14-19-16-21(29-31-25(2,3)26(4,5)32-29)10-12-23(19)24-13-11-22(17-20(24)15-18)30-33-27(6,7)28(8,9)34-30/h10-13,16-18H,14-15H2,1-9H3. The van der Waals surface area contributed by atoms with Gasteiger partial charge in [0.05, 0.1) is 22.4 Å². The number of fused-ring (bicyclic) bond motifs is 3. The highest BCUT2D eigenvalue weighted by Gasteiger charge is 2.53. The Balaban J connectivity index is 1.48. The van der Waals surface area contributed by atoms with Crippen LogP contribution >= 0.6 is 0 Å². The largest absolute Gasteiger partial charge is 0.494 e. The van der Waals surface area contributed by atoms with Crippen molar-refractivity contribution in [2.45, 2.75) is 97.6 Å². The Morgan fingerprint density at radius 2 is 0.912 bits per heavy atom. The molecule has 0 N–H and O–H groups in total. The van der Waals surface area contributed by atoms with E-state index >= 15 is 0 Å². The molecule has 0 atom stereocenters. The Labute approximate surface area is 206 Å². The molecule has 0 amide bonds. The summed E-state index contributed by atoms with van der Waals surface area (Å²) in [5, 5.41) is 0. The van der Waals surface area contributed by atoms with Crippen molar-refractivity contribution in [1.29, 1.82) is 0 Å². The second kappa shape index (κ2) is 7.70. The maximum atomic E-state index is 6.32. The van der Waals surface area contributed by atoms with E-state index in [1.807, 2.05) is 0 Å². The summed E-state index contributed by atoms with van der Waals surface area (Å²) in [6.07, 6.45) is 2.06. The van der Waals surface area contributed by atoms with Crippen molar-refractivity contribution in [2.24, 2.45) is 5.92 Å². The Morgan fingerprint density at radius 1 is 0.588 bits per heavy atom. The molecule has 180 valence electrons. The topological polar surface area (TPSA) is 36.9 Å². The van der Waals surface area contributed by atoms with Crippen LogP contribution in [0.4, 0.5) is 0 Å². The molecule has 6 heteroatoms. The van der Waals surface area contributed by atoms with Crippen molar-refractivity contribution in [3.63, 3.8) is 0 Å². The first-order chi connectivity index (χ1) is 15.7. The third-order valence-electron chi connectivity index (χ3n) is 8.74. The second-order valence-corrected chi connectivity index (χ2v) is 12.5. The number of hydrogen-bond acceptors (Lipinski definition) is 4. The van der Waals surface area contributed by atoms with Gasteiger partial charge in [0.25, 0.3) is 0 Å². The summed E-state index contributed by atoms with van der Waals surface area (Å²) in [6.45, 7) is 19.2. The third-order valence-corrected chi connectivity index (χ3v) is 8.74. The maximum Gasteiger partial charge on any atom is 0.494 e. The van der Waals surface area contributed by atoms with Crippen LogP contribution in [0, 0.1) is 5.92 Å². The van der Waals surface area contributed by atoms with Crippen LogP contribution in [0.2, 0.25) is 0 Å². The van der Waals surface area contributed by atoms with Gasteiger partial charge in [0.15, 0.2) is 0 Å². The zero-order valence-corrected chi connectivity index (χ0v) is 22.2. The minimum Gasteiger partial charge on any atom is -0.399 e. The highest BCUT2D eigenvalue weighted by atomic mass is 16.7. The van der Waals surface area contributed by atoms with Gasteiger partial charge in [0, 0.05) is 0 Å². The molecule has 2 aromatic carbocycles. The van der Waals surface area contributed by atoms with Crippen LogP contribution in [0.1, 0.15) is 73.4 Å². The Morgan fingerprint density at radius 3 is 1.24 bits per heavy atom. The molecule has 34 heavy (non-hydrogen) atoms. The lowest BCUT2D eigenvalue weighted by molar-refractivity contribution is 0.00578. The van der Waals surface area contributed by atoms with Gasteiger partial charge in [-0.2, -0.15) is 0 Å². The molecule has 5 rings (SSSR count). The van der Waals surface area contributed by atoms with Gasteiger partial charge in [-0.3, -0.25) is 0 Å². The van der Waals surface area contributed by atoms with Crippen molar-refractivity contribution in [1.82, 2.24) is 0 Å². The highest BCUT2D eigenvalue weighted by Crippen LogP contribution is 2.39. The van der Waals surface area contributed by atoms with Crippen LogP contribution < -0.4 is 10.9 Å². The minimum atomic E-state index is -0.339. The number of hydrogen-bond donors (Lipinski definition) is 0. The summed E-state index contributed by atoms with van der Waals surface area (Å²) in [6, 6.07) is 13.4. The van der Waals surface area contributed by atoms with E-state index in [1.165, 1.54) is 22.3 Å². The first-order valence-electron chi connectivity index (χ1n) is 12.7. The van der Waals surface area contributed by atoms with Crippen molar-refractivity contribution < 1.29 is 18.6 Å². The van der Waals surface area contributed by atoms with E-state index in [0.29, 0.717) is 5.92 Å². The van der Waals surface area contributed by atoms with Crippen molar-refractivity contribution in [3.8, 4) is 11.1 Å². The monoisotopic (exact) mass is 460 g/mol.